The fraction of sp³-hybridized carbons (Fsp3) is 0.562. The minimum atomic E-state index is -2.91. The first-order valence-corrected chi connectivity index (χ1v) is 9.68. The van der Waals surface area contributed by atoms with E-state index >= 15 is 0 Å². The van der Waals surface area contributed by atoms with Crippen LogP contribution >= 0.6 is 0 Å². The van der Waals surface area contributed by atoms with Gasteiger partial charge in [0.1, 0.15) is 11.5 Å². The van der Waals surface area contributed by atoms with Crippen molar-refractivity contribution >= 4 is 15.9 Å². The maximum absolute atomic E-state index is 11.8. The van der Waals surface area contributed by atoms with Crippen LogP contribution in [0.15, 0.2) is 18.2 Å². The number of methoxy groups -OCH3 is 2. The monoisotopic (exact) mass is 356 g/mol. The fourth-order valence-corrected chi connectivity index (χ4v) is 4.58. The third-order valence-corrected chi connectivity index (χ3v) is 5.88. The van der Waals surface area contributed by atoms with Crippen molar-refractivity contribution in [3.63, 3.8) is 0 Å². The first-order chi connectivity index (χ1) is 11.4. The fourth-order valence-electron chi connectivity index (χ4n) is 2.72. The van der Waals surface area contributed by atoms with Crippen LogP contribution < -0.4 is 20.1 Å². The zero-order valence-electron chi connectivity index (χ0n) is 14.0. The molecule has 1 aromatic carbocycles. The number of nitrogens with one attached hydrogen (secondary N) is 2. The number of hydrogen-bond acceptors (Lipinski definition) is 5. The van der Waals surface area contributed by atoms with Gasteiger partial charge in [-0.2, -0.15) is 0 Å². The summed E-state index contributed by atoms with van der Waals surface area (Å²) in [4.78, 5) is 11.8. The van der Waals surface area contributed by atoms with Crippen molar-refractivity contribution in [2.24, 2.45) is 5.92 Å². The van der Waals surface area contributed by atoms with Gasteiger partial charge >= 0.3 is 6.03 Å². The molecule has 8 heteroatoms. The molecule has 0 bridgehead atoms. The van der Waals surface area contributed by atoms with E-state index in [-0.39, 0.29) is 23.5 Å². The Morgan fingerprint density at radius 1 is 1.25 bits per heavy atom. The van der Waals surface area contributed by atoms with E-state index in [0.29, 0.717) is 25.9 Å². The summed E-state index contributed by atoms with van der Waals surface area (Å²) in [6, 6.07) is 5.23. The van der Waals surface area contributed by atoms with Gasteiger partial charge in [-0.1, -0.05) is 0 Å². The van der Waals surface area contributed by atoms with Crippen molar-refractivity contribution in [3.05, 3.63) is 23.8 Å². The van der Waals surface area contributed by atoms with E-state index in [1.807, 2.05) is 18.2 Å². The number of urea groups is 1. The average Bonchev–Trinajstić information content (AvgIpc) is 2.92. The lowest BCUT2D eigenvalue weighted by Gasteiger charge is -2.13. The molecule has 1 fully saturated rings. The summed E-state index contributed by atoms with van der Waals surface area (Å²) >= 11 is 0. The van der Waals surface area contributed by atoms with Crippen molar-refractivity contribution in [1.82, 2.24) is 10.6 Å². The van der Waals surface area contributed by atoms with Gasteiger partial charge in [0.2, 0.25) is 0 Å². The van der Waals surface area contributed by atoms with E-state index in [4.69, 9.17) is 9.47 Å². The predicted molar refractivity (Wildman–Crippen MR) is 91.4 cm³/mol. The summed E-state index contributed by atoms with van der Waals surface area (Å²) in [6.07, 6.45) is 1.22. The lowest BCUT2D eigenvalue weighted by molar-refractivity contribution is 0.239. The first-order valence-electron chi connectivity index (χ1n) is 7.86. The molecule has 7 nitrogen and oxygen atoms in total. The Labute approximate surface area is 142 Å². The molecule has 1 atom stereocenters. The molecule has 0 spiro atoms. The van der Waals surface area contributed by atoms with Crippen molar-refractivity contribution in [2.75, 3.05) is 38.8 Å². The average molecular weight is 356 g/mol. The second-order valence-electron chi connectivity index (χ2n) is 5.83. The van der Waals surface area contributed by atoms with Gasteiger partial charge in [-0.3, -0.25) is 0 Å². The van der Waals surface area contributed by atoms with Crippen LogP contribution in [0.2, 0.25) is 0 Å². The van der Waals surface area contributed by atoms with Crippen LogP contribution in [0.1, 0.15) is 12.0 Å². The number of rotatable bonds is 7. The van der Waals surface area contributed by atoms with Crippen LogP contribution in [-0.2, 0) is 16.3 Å². The van der Waals surface area contributed by atoms with Gasteiger partial charge in [-0.05, 0) is 42.5 Å². The number of carbonyl (C=O) groups is 1. The normalized spacial score (nSPS) is 18.8. The predicted octanol–water partition coefficient (Wildman–Crippen LogP) is 0.980. The molecule has 2 amide bonds. The Morgan fingerprint density at radius 2 is 2.04 bits per heavy atom. The van der Waals surface area contributed by atoms with E-state index in [1.165, 1.54) is 0 Å². The highest BCUT2D eigenvalue weighted by molar-refractivity contribution is 7.91. The molecular weight excluding hydrogens is 332 g/mol. The molecule has 1 saturated heterocycles. The zero-order valence-corrected chi connectivity index (χ0v) is 14.8. The lowest BCUT2D eigenvalue weighted by atomic mass is 10.1. The topological polar surface area (TPSA) is 93.7 Å². The smallest absolute Gasteiger partial charge is 0.314 e. The first kappa shape index (κ1) is 18.4. The van der Waals surface area contributed by atoms with Crippen molar-refractivity contribution in [2.45, 2.75) is 12.8 Å². The third-order valence-electron chi connectivity index (χ3n) is 4.05. The quantitative estimate of drug-likeness (QED) is 0.760. The van der Waals surface area contributed by atoms with Gasteiger partial charge in [-0.25, -0.2) is 13.2 Å². The van der Waals surface area contributed by atoms with Gasteiger partial charge in [0, 0.05) is 13.1 Å². The summed E-state index contributed by atoms with van der Waals surface area (Å²) in [5.41, 5.74) is 0.944. The van der Waals surface area contributed by atoms with Crippen molar-refractivity contribution in [1.29, 1.82) is 0 Å². The Bertz CT molecular complexity index is 675. The molecule has 1 aliphatic heterocycles. The summed E-state index contributed by atoms with van der Waals surface area (Å²) in [6.45, 7) is 0.825. The van der Waals surface area contributed by atoms with Crippen LogP contribution in [0.25, 0.3) is 0 Å². The van der Waals surface area contributed by atoms with E-state index < -0.39 is 9.84 Å². The van der Waals surface area contributed by atoms with Crippen LogP contribution in [0.4, 0.5) is 4.79 Å². The maximum Gasteiger partial charge on any atom is 0.314 e. The summed E-state index contributed by atoms with van der Waals surface area (Å²) < 4.78 is 33.2. The van der Waals surface area contributed by atoms with E-state index in [2.05, 4.69) is 10.6 Å². The van der Waals surface area contributed by atoms with Crippen LogP contribution in [-0.4, -0.2) is 53.3 Å². The Hall–Kier alpha value is -1.96. The molecule has 134 valence electrons. The van der Waals surface area contributed by atoms with Gasteiger partial charge in [0.15, 0.2) is 9.84 Å². The van der Waals surface area contributed by atoms with E-state index in [9.17, 15) is 13.2 Å². The zero-order chi connectivity index (χ0) is 17.6. The summed E-state index contributed by atoms with van der Waals surface area (Å²) in [5, 5.41) is 5.50. The number of ether oxygens (including phenoxy) is 2. The third kappa shape index (κ3) is 5.30. The van der Waals surface area contributed by atoms with Crippen LogP contribution in [0, 0.1) is 5.92 Å². The molecule has 1 heterocycles. The maximum atomic E-state index is 11.8. The molecule has 0 aromatic heterocycles. The highest BCUT2D eigenvalue weighted by Crippen LogP contribution is 2.24. The van der Waals surface area contributed by atoms with Gasteiger partial charge in [0.25, 0.3) is 0 Å². The number of sulfone groups is 1. The second kappa shape index (κ2) is 8.23. The van der Waals surface area contributed by atoms with Gasteiger partial charge < -0.3 is 20.1 Å². The highest BCUT2D eigenvalue weighted by atomic mass is 32.2. The number of benzene rings is 1. The minimum absolute atomic E-state index is 0.0132. The molecular formula is C16H24N2O5S. The summed E-state index contributed by atoms with van der Waals surface area (Å²) in [5.74, 6) is 1.87. The molecule has 2 N–H and O–H groups in total. The second-order valence-corrected chi connectivity index (χ2v) is 8.06. The van der Waals surface area contributed by atoms with E-state index in [1.54, 1.807) is 14.2 Å². The van der Waals surface area contributed by atoms with Crippen molar-refractivity contribution in [3.8, 4) is 11.5 Å². The van der Waals surface area contributed by atoms with Crippen LogP contribution in [0.5, 0.6) is 11.5 Å². The SMILES string of the molecule is COc1ccc(OC)c(CCNC(=O)NC[C@H]2CCS(=O)(=O)C2)c1. The molecule has 0 aliphatic carbocycles. The van der Waals surface area contributed by atoms with Crippen molar-refractivity contribution < 1.29 is 22.7 Å². The Kier molecular flexibility index (Phi) is 6.30. The standard InChI is InChI=1S/C16H24N2O5S/c1-22-14-3-4-15(23-2)13(9-14)5-7-17-16(19)18-10-12-6-8-24(20,21)11-12/h3-4,9,12H,5-8,10-11H2,1-2H3,(H2,17,18,19)/t12-/m1/s1. The van der Waals surface area contributed by atoms with Gasteiger partial charge in [-0.15, -0.1) is 0 Å². The lowest BCUT2D eigenvalue weighted by Crippen LogP contribution is -2.39. The minimum Gasteiger partial charge on any atom is -0.497 e. The Balaban J connectivity index is 1.74. The number of carbonyl (C=O) groups excluding carboxylic acids is 1. The molecule has 0 radical (unpaired) electrons. The van der Waals surface area contributed by atoms with E-state index in [0.717, 1.165) is 17.1 Å². The molecule has 2 rings (SSSR count). The summed E-state index contributed by atoms with van der Waals surface area (Å²) in [7, 11) is 0.288. The molecule has 0 unspecified atom stereocenters. The van der Waals surface area contributed by atoms with Gasteiger partial charge in [0.05, 0.1) is 25.7 Å². The molecule has 0 saturated carbocycles. The van der Waals surface area contributed by atoms with Crippen LogP contribution in [0.3, 0.4) is 0 Å². The number of amides is 2. The molecule has 1 aromatic rings. The Morgan fingerprint density at radius 3 is 2.67 bits per heavy atom. The molecule has 24 heavy (non-hydrogen) atoms. The largest absolute Gasteiger partial charge is 0.497 e. The number of hydrogen-bond donors (Lipinski definition) is 2. The molecule has 1 aliphatic rings. The highest BCUT2D eigenvalue weighted by Gasteiger charge is 2.27.